The van der Waals surface area contributed by atoms with Gasteiger partial charge in [-0.05, 0) is 61.4 Å². The van der Waals surface area contributed by atoms with Crippen LogP contribution in [-0.2, 0) is 11.3 Å². The van der Waals surface area contributed by atoms with Crippen LogP contribution in [0.2, 0.25) is 5.02 Å². The van der Waals surface area contributed by atoms with Crippen LogP contribution in [0.15, 0.2) is 67.0 Å². The normalized spacial score (nSPS) is 14.1. The van der Waals surface area contributed by atoms with Crippen LogP contribution in [0.5, 0.6) is 0 Å². The lowest BCUT2D eigenvalue weighted by atomic mass is 9.94. The molecule has 0 unspecified atom stereocenters. The van der Waals surface area contributed by atoms with E-state index in [2.05, 4.69) is 20.9 Å². The molecule has 1 amide bonds. The number of anilines is 2. The molecule has 0 atom stereocenters. The largest absolute Gasteiger partial charge is 0.357 e. The van der Waals surface area contributed by atoms with E-state index in [9.17, 15) is 4.79 Å². The predicted octanol–water partition coefficient (Wildman–Crippen LogP) is 4.45. The van der Waals surface area contributed by atoms with Crippen molar-refractivity contribution in [2.75, 3.05) is 22.9 Å². The number of rotatable bonds is 5. The number of nitriles is 1. The molecule has 0 aliphatic carbocycles. The number of halogens is 1. The lowest BCUT2D eigenvalue weighted by Crippen LogP contribution is -2.43. The van der Waals surface area contributed by atoms with E-state index >= 15 is 0 Å². The summed E-state index contributed by atoms with van der Waals surface area (Å²) in [5, 5.41) is 9.58. The standard InChI is InChI=1S/C24H22ClN5O/c25-20-5-7-22(8-6-20)30(17-21-3-1-2-12-27-21)24(31)19-10-13-29(14-11-19)23-9-4-18(15-26)16-28-23/h1-9,12,16,19H,10-11,13-14,17H2. The minimum Gasteiger partial charge on any atom is -0.357 e. The van der Waals surface area contributed by atoms with Crippen LogP contribution in [0.3, 0.4) is 0 Å². The highest BCUT2D eigenvalue weighted by Gasteiger charge is 2.30. The van der Waals surface area contributed by atoms with Gasteiger partial charge in [0.05, 0.1) is 17.8 Å². The number of aromatic nitrogens is 2. The topological polar surface area (TPSA) is 73.1 Å². The summed E-state index contributed by atoms with van der Waals surface area (Å²) in [5.41, 5.74) is 2.20. The van der Waals surface area contributed by atoms with E-state index in [0.717, 1.165) is 43.1 Å². The fourth-order valence-electron chi connectivity index (χ4n) is 3.79. The van der Waals surface area contributed by atoms with Crippen molar-refractivity contribution >= 4 is 29.0 Å². The Morgan fingerprint density at radius 2 is 1.87 bits per heavy atom. The van der Waals surface area contributed by atoms with Crippen molar-refractivity contribution in [3.8, 4) is 6.07 Å². The Labute approximate surface area is 186 Å². The van der Waals surface area contributed by atoms with E-state index in [1.54, 1.807) is 35.5 Å². The van der Waals surface area contributed by atoms with Crippen molar-refractivity contribution in [1.29, 1.82) is 5.26 Å². The SMILES string of the molecule is N#Cc1ccc(N2CCC(C(=O)N(Cc3ccccn3)c3ccc(Cl)cc3)CC2)nc1. The van der Waals surface area contributed by atoms with Crippen LogP contribution < -0.4 is 9.80 Å². The van der Waals surface area contributed by atoms with Crippen molar-refractivity contribution in [3.63, 3.8) is 0 Å². The number of hydrogen-bond donors (Lipinski definition) is 0. The minimum absolute atomic E-state index is 0.0750. The molecule has 0 spiro atoms. The third kappa shape index (κ3) is 5.01. The molecule has 4 rings (SSSR count). The third-order valence-electron chi connectivity index (χ3n) is 5.50. The van der Waals surface area contributed by atoms with Crippen molar-refractivity contribution in [1.82, 2.24) is 9.97 Å². The highest BCUT2D eigenvalue weighted by molar-refractivity contribution is 6.30. The third-order valence-corrected chi connectivity index (χ3v) is 5.75. The fraction of sp³-hybridized carbons (Fsp3) is 0.250. The average Bonchev–Trinajstić information content (AvgIpc) is 2.84. The number of pyridine rings is 2. The second kappa shape index (κ2) is 9.59. The molecule has 1 aliphatic rings. The van der Waals surface area contributed by atoms with E-state index in [1.165, 1.54) is 0 Å². The summed E-state index contributed by atoms with van der Waals surface area (Å²) in [6.45, 7) is 1.90. The van der Waals surface area contributed by atoms with Gasteiger partial charge in [-0.15, -0.1) is 0 Å². The lowest BCUT2D eigenvalue weighted by Gasteiger charge is -2.35. The zero-order chi connectivity index (χ0) is 21.6. The molecule has 1 saturated heterocycles. The van der Waals surface area contributed by atoms with Gasteiger partial charge in [-0.1, -0.05) is 17.7 Å². The van der Waals surface area contributed by atoms with Gasteiger partial charge in [0.2, 0.25) is 5.91 Å². The minimum atomic E-state index is -0.0750. The maximum atomic E-state index is 13.5. The van der Waals surface area contributed by atoms with Crippen LogP contribution in [0, 0.1) is 17.2 Å². The molecule has 1 aromatic carbocycles. The molecule has 0 saturated carbocycles. The molecule has 6 nitrogen and oxygen atoms in total. The highest BCUT2D eigenvalue weighted by Crippen LogP contribution is 2.27. The number of benzene rings is 1. The van der Waals surface area contributed by atoms with E-state index < -0.39 is 0 Å². The number of carbonyl (C=O) groups excluding carboxylic acids is 1. The zero-order valence-corrected chi connectivity index (χ0v) is 17.7. The molecule has 0 bridgehead atoms. The van der Waals surface area contributed by atoms with Gasteiger partial charge in [0, 0.05) is 42.1 Å². The second-order valence-corrected chi connectivity index (χ2v) is 7.94. The van der Waals surface area contributed by atoms with Gasteiger partial charge < -0.3 is 9.80 Å². The van der Waals surface area contributed by atoms with Gasteiger partial charge in [0.15, 0.2) is 0 Å². The molecular formula is C24H22ClN5O. The van der Waals surface area contributed by atoms with Crippen molar-refractivity contribution in [2.45, 2.75) is 19.4 Å². The number of nitrogens with zero attached hydrogens (tertiary/aromatic N) is 5. The van der Waals surface area contributed by atoms with Crippen molar-refractivity contribution < 1.29 is 4.79 Å². The Morgan fingerprint density at radius 3 is 2.48 bits per heavy atom. The summed E-state index contributed by atoms with van der Waals surface area (Å²) < 4.78 is 0. The molecule has 2 aromatic heterocycles. The maximum absolute atomic E-state index is 13.5. The van der Waals surface area contributed by atoms with Gasteiger partial charge in [-0.3, -0.25) is 9.78 Å². The zero-order valence-electron chi connectivity index (χ0n) is 17.0. The first kappa shape index (κ1) is 20.8. The number of piperidine rings is 1. The molecule has 3 aromatic rings. The van der Waals surface area contributed by atoms with Crippen molar-refractivity contribution in [3.05, 3.63) is 83.3 Å². The highest BCUT2D eigenvalue weighted by atomic mass is 35.5. The summed E-state index contributed by atoms with van der Waals surface area (Å²) in [6.07, 6.45) is 4.81. The molecule has 1 fully saturated rings. The summed E-state index contributed by atoms with van der Waals surface area (Å²) in [6, 6.07) is 18.8. The number of hydrogen-bond acceptors (Lipinski definition) is 5. The Hall–Kier alpha value is -3.43. The maximum Gasteiger partial charge on any atom is 0.230 e. The molecule has 1 aliphatic heterocycles. The molecule has 0 N–H and O–H groups in total. The predicted molar refractivity (Wildman–Crippen MR) is 121 cm³/mol. The molecule has 31 heavy (non-hydrogen) atoms. The molecule has 156 valence electrons. The first-order chi connectivity index (χ1) is 15.1. The second-order valence-electron chi connectivity index (χ2n) is 7.50. The van der Waals surface area contributed by atoms with Gasteiger partial charge in [-0.25, -0.2) is 4.98 Å². The Bertz CT molecular complexity index is 1060. The Kier molecular flexibility index (Phi) is 6.44. The van der Waals surface area contributed by atoms with Crippen LogP contribution in [0.25, 0.3) is 0 Å². The summed E-state index contributed by atoms with van der Waals surface area (Å²) in [5.74, 6) is 0.863. The summed E-state index contributed by atoms with van der Waals surface area (Å²) >= 11 is 6.05. The first-order valence-electron chi connectivity index (χ1n) is 10.2. The Morgan fingerprint density at radius 1 is 1.10 bits per heavy atom. The molecular weight excluding hydrogens is 410 g/mol. The Balaban J connectivity index is 1.48. The molecule has 0 radical (unpaired) electrons. The van der Waals surface area contributed by atoms with Gasteiger partial charge in [0.1, 0.15) is 11.9 Å². The van der Waals surface area contributed by atoms with Crippen LogP contribution in [0.4, 0.5) is 11.5 Å². The monoisotopic (exact) mass is 431 g/mol. The first-order valence-corrected chi connectivity index (χ1v) is 10.6. The van der Waals surface area contributed by atoms with E-state index in [1.807, 2.05) is 36.4 Å². The quantitative estimate of drug-likeness (QED) is 0.596. The van der Waals surface area contributed by atoms with Crippen LogP contribution >= 0.6 is 11.6 Å². The van der Waals surface area contributed by atoms with E-state index in [0.29, 0.717) is 17.1 Å². The average molecular weight is 432 g/mol. The number of amides is 1. The number of carbonyl (C=O) groups is 1. The summed E-state index contributed by atoms with van der Waals surface area (Å²) in [4.78, 5) is 26.2. The fourth-order valence-corrected chi connectivity index (χ4v) is 3.91. The van der Waals surface area contributed by atoms with Gasteiger partial charge in [-0.2, -0.15) is 5.26 Å². The van der Waals surface area contributed by atoms with E-state index in [-0.39, 0.29) is 11.8 Å². The van der Waals surface area contributed by atoms with Gasteiger partial charge >= 0.3 is 0 Å². The molecule has 7 heteroatoms. The molecule has 3 heterocycles. The smallest absolute Gasteiger partial charge is 0.230 e. The summed E-state index contributed by atoms with van der Waals surface area (Å²) in [7, 11) is 0. The van der Waals surface area contributed by atoms with Gasteiger partial charge in [0.25, 0.3) is 0 Å². The van der Waals surface area contributed by atoms with Crippen LogP contribution in [0.1, 0.15) is 24.1 Å². The van der Waals surface area contributed by atoms with Crippen LogP contribution in [-0.4, -0.2) is 29.0 Å². The van der Waals surface area contributed by atoms with Crippen molar-refractivity contribution in [2.24, 2.45) is 5.92 Å². The lowest BCUT2D eigenvalue weighted by molar-refractivity contribution is -0.123. The van der Waals surface area contributed by atoms with E-state index in [4.69, 9.17) is 16.9 Å².